The molecule has 4 amide bonds. The fourth-order valence-corrected chi connectivity index (χ4v) is 4.21. The zero-order valence-electron chi connectivity index (χ0n) is 21.9. The van der Waals surface area contributed by atoms with Crippen LogP contribution in [0.1, 0.15) is 30.9 Å². The summed E-state index contributed by atoms with van der Waals surface area (Å²) in [7, 11) is 0. The topological polar surface area (TPSA) is 143 Å². The number of alkyl carbamates (subject to hydrolysis) is 1. The molecule has 0 unspecified atom stereocenters. The summed E-state index contributed by atoms with van der Waals surface area (Å²) < 4.78 is 9.96. The van der Waals surface area contributed by atoms with Crippen molar-refractivity contribution in [3.63, 3.8) is 0 Å². The lowest BCUT2D eigenvalue weighted by Crippen LogP contribution is -2.55. The second-order valence-electron chi connectivity index (χ2n) is 8.94. The van der Waals surface area contributed by atoms with Gasteiger partial charge in [0.05, 0.1) is 6.61 Å². The Morgan fingerprint density at radius 2 is 1.56 bits per heavy atom. The van der Waals surface area contributed by atoms with Gasteiger partial charge in [-0.3, -0.25) is 19.2 Å². The molecule has 0 bridgehead atoms. The number of esters is 1. The minimum atomic E-state index is -0.972. The van der Waals surface area contributed by atoms with E-state index in [1.54, 1.807) is 6.92 Å². The fourth-order valence-electron chi connectivity index (χ4n) is 4.21. The van der Waals surface area contributed by atoms with Gasteiger partial charge >= 0.3 is 12.1 Å². The maximum absolute atomic E-state index is 13.6. The Labute approximate surface area is 227 Å². The monoisotopic (exact) mass is 538 g/mol. The van der Waals surface area contributed by atoms with Gasteiger partial charge in [-0.2, -0.15) is 0 Å². The molecule has 2 aromatic carbocycles. The molecule has 0 aliphatic carbocycles. The third kappa shape index (κ3) is 9.44. The highest BCUT2D eigenvalue weighted by Crippen LogP contribution is 2.20. The minimum absolute atomic E-state index is 0.0536. The normalized spacial score (nSPS) is 15.1. The number of benzene rings is 2. The molecule has 11 heteroatoms. The van der Waals surface area contributed by atoms with E-state index in [-0.39, 0.29) is 26.2 Å². The Morgan fingerprint density at radius 3 is 2.23 bits per heavy atom. The van der Waals surface area contributed by atoms with Gasteiger partial charge in [0.15, 0.2) is 0 Å². The molecule has 11 nitrogen and oxygen atoms in total. The maximum atomic E-state index is 13.6. The Morgan fingerprint density at radius 1 is 0.897 bits per heavy atom. The minimum Gasteiger partial charge on any atom is -0.465 e. The summed E-state index contributed by atoms with van der Waals surface area (Å²) in [6.07, 6.45) is 0.459. The van der Waals surface area contributed by atoms with Crippen LogP contribution in [0.15, 0.2) is 60.7 Å². The summed E-state index contributed by atoms with van der Waals surface area (Å²) in [6, 6.07) is 16.5. The van der Waals surface area contributed by atoms with Crippen molar-refractivity contribution in [3.8, 4) is 0 Å². The van der Waals surface area contributed by atoms with Gasteiger partial charge < -0.3 is 30.3 Å². The summed E-state index contributed by atoms with van der Waals surface area (Å²) in [5.74, 6) is -2.02. The van der Waals surface area contributed by atoms with Gasteiger partial charge in [-0.1, -0.05) is 60.7 Å². The summed E-state index contributed by atoms with van der Waals surface area (Å²) in [4.78, 5) is 64.1. The van der Waals surface area contributed by atoms with Crippen LogP contribution in [0.25, 0.3) is 0 Å². The molecule has 2 atom stereocenters. The van der Waals surface area contributed by atoms with Crippen LogP contribution < -0.4 is 16.0 Å². The molecule has 3 N–H and O–H groups in total. The summed E-state index contributed by atoms with van der Waals surface area (Å²) in [5, 5.41) is 7.60. The summed E-state index contributed by atoms with van der Waals surface area (Å²) in [5.41, 5.74) is 1.62. The van der Waals surface area contributed by atoms with Gasteiger partial charge in [-0.25, -0.2) is 4.79 Å². The van der Waals surface area contributed by atoms with Gasteiger partial charge in [0, 0.05) is 13.0 Å². The molecular weight excluding hydrogens is 504 g/mol. The van der Waals surface area contributed by atoms with Gasteiger partial charge in [-0.15, -0.1) is 0 Å². The SMILES string of the molecule is CCOC(=O)CNC(=O)[C@@H]1CCCN1C(=O)[C@H](Cc1ccccc1)NC(=O)CNC(=O)OCc1ccccc1. The largest absolute Gasteiger partial charge is 0.465 e. The van der Waals surface area contributed by atoms with Crippen molar-refractivity contribution < 1.29 is 33.4 Å². The average molecular weight is 539 g/mol. The van der Waals surface area contributed by atoms with E-state index in [9.17, 15) is 24.0 Å². The van der Waals surface area contributed by atoms with E-state index in [4.69, 9.17) is 9.47 Å². The first-order valence-corrected chi connectivity index (χ1v) is 12.9. The van der Waals surface area contributed by atoms with E-state index < -0.39 is 48.4 Å². The molecule has 1 fully saturated rings. The predicted molar refractivity (Wildman–Crippen MR) is 141 cm³/mol. The number of hydrogen-bond acceptors (Lipinski definition) is 7. The number of hydrogen-bond donors (Lipinski definition) is 3. The van der Waals surface area contributed by atoms with Gasteiger partial charge in [0.1, 0.15) is 31.8 Å². The molecule has 39 heavy (non-hydrogen) atoms. The number of amides is 4. The average Bonchev–Trinajstić information content (AvgIpc) is 3.44. The number of nitrogens with one attached hydrogen (secondary N) is 3. The molecule has 208 valence electrons. The number of likely N-dealkylation sites (tertiary alicyclic amines) is 1. The Kier molecular flexibility index (Phi) is 11.3. The van der Waals surface area contributed by atoms with Crippen molar-refractivity contribution in [3.05, 3.63) is 71.8 Å². The van der Waals surface area contributed by atoms with E-state index in [1.165, 1.54) is 4.90 Å². The van der Waals surface area contributed by atoms with Crippen molar-refractivity contribution in [2.45, 2.75) is 44.9 Å². The standard InChI is InChI=1S/C28H34N4O7/c1-2-38-25(34)18-29-26(35)23-14-9-15-32(23)27(36)22(16-20-10-5-3-6-11-20)31-24(33)17-30-28(37)39-19-21-12-7-4-8-13-21/h3-8,10-13,22-23H,2,9,14-19H2,1H3,(H,29,35)(H,30,37)(H,31,33)/t22-,23-/m0/s1. The van der Waals surface area contributed by atoms with E-state index in [0.29, 0.717) is 19.4 Å². The van der Waals surface area contributed by atoms with Gasteiger partial charge in [0.2, 0.25) is 17.7 Å². The van der Waals surface area contributed by atoms with Crippen LogP contribution in [0.3, 0.4) is 0 Å². The van der Waals surface area contributed by atoms with Crippen molar-refractivity contribution in [2.75, 3.05) is 26.2 Å². The van der Waals surface area contributed by atoms with Crippen molar-refractivity contribution >= 4 is 29.8 Å². The van der Waals surface area contributed by atoms with Crippen molar-refractivity contribution in [2.24, 2.45) is 0 Å². The number of carbonyl (C=O) groups excluding carboxylic acids is 5. The molecular formula is C28H34N4O7. The smallest absolute Gasteiger partial charge is 0.407 e. The van der Waals surface area contributed by atoms with Crippen molar-refractivity contribution in [1.82, 2.24) is 20.9 Å². The highest BCUT2D eigenvalue weighted by atomic mass is 16.5. The van der Waals surface area contributed by atoms with Crippen LogP contribution in [0, 0.1) is 0 Å². The lowest BCUT2D eigenvalue weighted by molar-refractivity contribution is -0.145. The highest BCUT2D eigenvalue weighted by Gasteiger charge is 2.37. The Bertz CT molecular complexity index is 1130. The lowest BCUT2D eigenvalue weighted by atomic mass is 10.0. The van der Waals surface area contributed by atoms with Gasteiger partial charge in [0.25, 0.3) is 0 Å². The van der Waals surface area contributed by atoms with Crippen LogP contribution in [-0.4, -0.2) is 73.0 Å². The first-order valence-electron chi connectivity index (χ1n) is 12.9. The molecule has 0 aromatic heterocycles. The second-order valence-corrected chi connectivity index (χ2v) is 8.94. The van der Waals surface area contributed by atoms with E-state index in [1.807, 2.05) is 60.7 Å². The van der Waals surface area contributed by atoms with Crippen LogP contribution in [-0.2, 0) is 41.7 Å². The Hall–Kier alpha value is -4.41. The van der Waals surface area contributed by atoms with E-state index in [0.717, 1.165) is 11.1 Å². The molecule has 3 rings (SSSR count). The molecule has 2 aromatic rings. The third-order valence-corrected chi connectivity index (χ3v) is 6.07. The van der Waals surface area contributed by atoms with Gasteiger partial charge in [-0.05, 0) is 30.9 Å². The molecule has 0 radical (unpaired) electrons. The van der Waals surface area contributed by atoms with Crippen molar-refractivity contribution in [1.29, 1.82) is 0 Å². The molecule has 0 spiro atoms. The third-order valence-electron chi connectivity index (χ3n) is 6.07. The molecule has 0 saturated carbocycles. The van der Waals surface area contributed by atoms with E-state index >= 15 is 0 Å². The highest BCUT2D eigenvalue weighted by molar-refractivity contribution is 5.94. The first kappa shape index (κ1) is 29.2. The zero-order valence-corrected chi connectivity index (χ0v) is 21.9. The summed E-state index contributed by atoms with van der Waals surface area (Å²) in [6.45, 7) is 1.57. The Balaban J connectivity index is 1.59. The quantitative estimate of drug-likeness (QED) is 0.346. The first-order chi connectivity index (χ1) is 18.9. The predicted octanol–water partition coefficient (Wildman–Crippen LogP) is 1.31. The molecule has 1 heterocycles. The van der Waals surface area contributed by atoms with Crippen LogP contribution >= 0.6 is 0 Å². The zero-order chi connectivity index (χ0) is 28.0. The maximum Gasteiger partial charge on any atom is 0.407 e. The number of rotatable bonds is 12. The molecule has 1 aliphatic heterocycles. The van der Waals surface area contributed by atoms with Crippen LogP contribution in [0.4, 0.5) is 4.79 Å². The van der Waals surface area contributed by atoms with E-state index in [2.05, 4.69) is 16.0 Å². The molecule has 1 aliphatic rings. The second kappa shape index (κ2) is 15.1. The number of ether oxygens (including phenoxy) is 2. The van der Waals surface area contributed by atoms with Crippen LogP contribution in [0.5, 0.6) is 0 Å². The lowest BCUT2D eigenvalue weighted by Gasteiger charge is -2.29. The summed E-state index contributed by atoms with van der Waals surface area (Å²) >= 11 is 0. The van der Waals surface area contributed by atoms with Crippen LogP contribution in [0.2, 0.25) is 0 Å². The number of nitrogens with zero attached hydrogens (tertiary/aromatic N) is 1. The molecule has 1 saturated heterocycles. The fraction of sp³-hybridized carbons (Fsp3) is 0.393. The number of carbonyl (C=O) groups is 5.